The summed E-state index contributed by atoms with van der Waals surface area (Å²) in [5.41, 5.74) is 1.08. The lowest BCUT2D eigenvalue weighted by Gasteiger charge is -2.09. The minimum absolute atomic E-state index is 0.0501. The van der Waals surface area contributed by atoms with Crippen molar-refractivity contribution < 1.29 is 9.18 Å². The first-order chi connectivity index (χ1) is 5.68. The molecule has 1 aliphatic carbocycles. The zero-order valence-electron chi connectivity index (χ0n) is 7.06. The van der Waals surface area contributed by atoms with Crippen LogP contribution in [0.15, 0.2) is 23.6 Å². The van der Waals surface area contributed by atoms with Gasteiger partial charge in [-0.15, -0.1) is 0 Å². The third kappa shape index (κ3) is 2.86. The lowest BCUT2D eigenvalue weighted by Crippen LogP contribution is -2.22. The molecule has 0 aromatic heterocycles. The predicted octanol–water partition coefficient (Wildman–Crippen LogP) is 1.70. The quantitative estimate of drug-likeness (QED) is 0.669. The fourth-order valence-corrected chi connectivity index (χ4v) is 1.04. The van der Waals surface area contributed by atoms with Crippen molar-refractivity contribution in [2.75, 3.05) is 6.54 Å². The van der Waals surface area contributed by atoms with Gasteiger partial charge in [-0.25, -0.2) is 4.39 Å². The van der Waals surface area contributed by atoms with Crippen molar-refractivity contribution in [2.24, 2.45) is 0 Å². The van der Waals surface area contributed by atoms with Crippen LogP contribution < -0.4 is 5.32 Å². The maximum Gasteiger partial charge on any atom is 0.217 e. The monoisotopic (exact) mass is 169 g/mol. The highest BCUT2D eigenvalue weighted by Gasteiger charge is 2.05. The van der Waals surface area contributed by atoms with Gasteiger partial charge in [0, 0.05) is 19.9 Å². The number of carbonyl (C=O) groups is 1. The molecule has 1 amide bonds. The van der Waals surface area contributed by atoms with Gasteiger partial charge in [-0.05, 0) is 12.5 Å². The summed E-state index contributed by atoms with van der Waals surface area (Å²) in [7, 11) is 0. The van der Waals surface area contributed by atoms with E-state index in [-0.39, 0.29) is 11.7 Å². The second kappa shape index (κ2) is 4.04. The fraction of sp³-hybridized carbons (Fsp3) is 0.444. The lowest BCUT2D eigenvalue weighted by molar-refractivity contribution is -0.118. The summed E-state index contributed by atoms with van der Waals surface area (Å²) in [5.74, 6) is -0.132. The molecule has 3 heteroatoms. The predicted molar refractivity (Wildman–Crippen MR) is 45.2 cm³/mol. The molecule has 0 heterocycles. The molecule has 0 atom stereocenters. The number of allylic oxidation sites excluding steroid dienone is 3. The Morgan fingerprint density at radius 1 is 1.58 bits per heavy atom. The molecule has 0 aromatic carbocycles. The first-order valence-electron chi connectivity index (χ1n) is 3.97. The van der Waals surface area contributed by atoms with Gasteiger partial charge in [0.05, 0.1) is 0 Å². The third-order valence-electron chi connectivity index (χ3n) is 1.75. The highest BCUT2D eigenvalue weighted by Crippen LogP contribution is 2.17. The molecule has 2 nitrogen and oxygen atoms in total. The van der Waals surface area contributed by atoms with Crippen molar-refractivity contribution in [1.29, 1.82) is 0 Å². The van der Waals surface area contributed by atoms with Crippen LogP contribution in [0.25, 0.3) is 0 Å². The molecule has 0 saturated carbocycles. The van der Waals surface area contributed by atoms with E-state index in [1.807, 2.05) is 0 Å². The summed E-state index contributed by atoms with van der Waals surface area (Å²) in [5, 5.41) is 2.67. The minimum atomic E-state index is -0.0819. The van der Waals surface area contributed by atoms with Gasteiger partial charge in [0.1, 0.15) is 5.83 Å². The third-order valence-corrected chi connectivity index (χ3v) is 1.75. The molecule has 12 heavy (non-hydrogen) atoms. The Labute approximate surface area is 71.2 Å². The summed E-state index contributed by atoms with van der Waals surface area (Å²) in [6, 6.07) is 0. The lowest BCUT2D eigenvalue weighted by atomic mass is 10.0. The average molecular weight is 169 g/mol. The summed E-state index contributed by atoms with van der Waals surface area (Å²) in [4.78, 5) is 10.5. The van der Waals surface area contributed by atoms with E-state index in [2.05, 4.69) is 5.32 Å². The second-order valence-electron chi connectivity index (χ2n) is 2.85. The summed E-state index contributed by atoms with van der Waals surface area (Å²) >= 11 is 0. The normalized spacial score (nSPS) is 16.5. The molecule has 0 spiro atoms. The van der Waals surface area contributed by atoms with Crippen LogP contribution in [0, 0.1) is 0 Å². The average Bonchev–Trinajstić information content (AvgIpc) is 2.03. The first kappa shape index (κ1) is 8.97. The highest BCUT2D eigenvalue weighted by atomic mass is 19.1. The van der Waals surface area contributed by atoms with Crippen molar-refractivity contribution in [3.8, 4) is 0 Å². The highest BCUT2D eigenvalue weighted by molar-refractivity contribution is 5.73. The van der Waals surface area contributed by atoms with Gasteiger partial charge in [-0.2, -0.15) is 0 Å². The van der Waals surface area contributed by atoms with Crippen molar-refractivity contribution in [1.82, 2.24) is 5.32 Å². The van der Waals surface area contributed by atoms with Gasteiger partial charge >= 0.3 is 0 Å². The van der Waals surface area contributed by atoms with Gasteiger partial charge in [0.25, 0.3) is 0 Å². The van der Waals surface area contributed by atoms with Gasteiger partial charge < -0.3 is 5.32 Å². The van der Waals surface area contributed by atoms with Crippen molar-refractivity contribution in [3.63, 3.8) is 0 Å². The van der Waals surface area contributed by atoms with Crippen LogP contribution in [0.2, 0.25) is 0 Å². The van der Waals surface area contributed by atoms with E-state index in [1.165, 1.54) is 13.0 Å². The molecule has 0 saturated heterocycles. The maximum absolute atomic E-state index is 12.5. The van der Waals surface area contributed by atoms with Crippen LogP contribution in [-0.4, -0.2) is 12.5 Å². The van der Waals surface area contributed by atoms with E-state index in [1.54, 1.807) is 6.08 Å². The van der Waals surface area contributed by atoms with Crippen LogP contribution in [0.3, 0.4) is 0 Å². The Morgan fingerprint density at radius 3 is 2.83 bits per heavy atom. The molecular formula is C9H12FNO. The molecule has 0 aromatic rings. The van der Waals surface area contributed by atoms with Crippen molar-refractivity contribution >= 4 is 5.91 Å². The molecule has 0 aliphatic heterocycles. The van der Waals surface area contributed by atoms with Crippen LogP contribution in [-0.2, 0) is 4.79 Å². The molecule has 0 radical (unpaired) electrons. The number of halogens is 1. The molecule has 0 unspecified atom stereocenters. The van der Waals surface area contributed by atoms with E-state index < -0.39 is 0 Å². The molecule has 0 fully saturated rings. The summed E-state index contributed by atoms with van der Waals surface area (Å²) in [6.45, 7) is 2.01. The topological polar surface area (TPSA) is 29.1 Å². The Morgan fingerprint density at radius 2 is 2.33 bits per heavy atom. The number of nitrogens with one attached hydrogen (secondary N) is 1. The van der Waals surface area contributed by atoms with Crippen LogP contribution in [0.4, 0.5) is 4.39 Å². The Hall–Kier alpha value is -1.12. The van der Waals surface area contributed by atoms with Crippen molar-refractivity contribution in [2.45, 2.75) is 19.8 Å². The molecule has 1 aliphatic rings. The van der Waals surface area contributed by atoms with Gasteiger partial charge in [0.15, 0.2) is 0 Å². The smallest absolute Gasteiger partial charge is 0.217 e. The van der Waals surface area contributed by atoms with Crippen LogP contribution in [0.1, 0.15) is 19.8 Å². The van der Waals surface area contributed by atoms with E-state index in [0.29, 0.717) is 19.4 Å². The van der Waals surface area contributed by atoms with Gasteiger partial charge in [0.2, 0.25) is 5.91 Å². The number of hydrogen-bond acceptors (Lipinski definition) is 1. The Bertz CT molecular complexity index is 243. The van der Waals surface area contributed by atoms with Crippen molar-refractivity contribution in [3.05, 3.63) is 23.6 Å². The Balaban J connectivity index is 2.39. The zero-order chi connectivity index (χ0) is 8.97. The van der Waals surface area contributed by atoms with Gasteiger partial charge in [-0.3, -0.25) is 4.79 Å². The van der Waals surface area contributed by atoms with Crippen LogP contribution >= 0.6 is 0 Å². The number of rotatable bonds is 2. The molecule has 1 rings (SSSR count). The molecule has 0 bridgehead atoms. The van der Waals surface area contributed by atoms with E-state index in [0.717, 1.165) is 5.57 Å². The number of carbonyl (C=O) groups excluding carboxylic acids is 1. The minimum Gasteiger partial charge on any atom is -0.353 e. The fourth-order valence-electron chi connectivity index (χ4n) is 1.04. The Kier molecular flexibility index (Phi) is 3.02. The summed E-state index contributed by atoms with van der Waals surface area (Å²) < 4.78 is 12.5. The standard InChI is InChI=1S/C9H12FNO/c1-7(12)11-6-8-2-4-9(10)5-3-8/h2,4H,3,5-6H2,1H3,(H,11,12). The number of hydrogen-bond donors (Lipinski definition) is 1. The first-order valence-corrected chi connectivity index (χ1v) is 3.97. The SMILES string of the molecule is CC(=O)NCC1=CC=C(F)CC1. The largest absolute Gasteiger partial charge is 0.353 e. The second-order valence-corrected chi connectivity index (χ2v) is 2.85. The van der Waals surface area contributed by atoms with E-state index in [9.17, 15) is 9.18 Å². The number of amides is 1. The molecule has 66 valence electrons. The van der Waals surface area contributed by atoms with Gasteiger partial charge in [-0.1, -0.05) is 11.6 Å². The summed E-state index contributed by atoms with van der Waals surface area (Å²) in [6.07, 6.45) is 4.36. The van der Waals surface area contributed by atoms with E-state index in [4.69, 9.17) is 0 Å². The van der Waals surface area contributed by atoms with E-state index >= 15 is 0 Å². The van der Waals surface area contributed by atoms with Crippen LogP contribution in [0.5, 0.6) is 0 Å². The maximum atomic E-state index is 12.5. The zero-order valence-corrected chi connectivity index (χ0v) is 7.06. The molecular weight excluding hydrogens is 157 g/mol. The molecule has 1 N–H and O–H groups in total.